The number of anilines is 2. The summed E-state index contributed by atoms with van der Waals surface area (Å²) in [5.74, 6) is -1.65. The molecule has 0 bridgehead atoms. The number of carbonyl (C=O) groups is 4. The van der Waals surface area contributed by atoms with Crippen LogP contribution >= 0.6 is 11.3 Å². The number of nitrogens with zero attached hydrogens (tertiary/aromatic N) is 1. The van der Waals surface area contributed by atoms with Gasteiger partial charge in [-0.25, -0.2) is 9.59 Å². The van der Waals surface area contributed by atoms with Crippen LogP contribution in [-0.2, 0) is 25.5 Å². The third-order valence-electron chi connectivity index (χ3n) is 4.70. The molecule has 0 spiro atoms. The van der Waals surface area contributed by atoms with E-state index in [1.807, 2.05) is 6.92 Å². The summed E-state index contributed by atoms with van der Waals surface area (Å²) in [4.78, 5) is 51.0. The molecule has 3 rings (SSSR count). The number of carbonyl (C=O) groups excluding carboxylic acids is 4. The van der Waals surface area contributed by atoms with Crippen LogP contribution in [0.2, 0.25) is 0 Å². The van der Waals surface area contributed by atoms with Crippen LogP contribution in [0, 0.1) is 0 Å². The summed E-state index contributed by atoms with van der Waals surface area (Å²) in [5, 5.41) is 2.99. The molecule has 1 fully saturated rings. The van der Waals surface area contributed by atoms with Gasteiger partial charge in [-0.15, -0.1) is 11.3 Å². The van der Waals surface area contributed by atoms with Gasteiger partial charge in [0.15, 0.2) is 6.61 Å². The van der Waals surface area contributed by atoms with E-state index in [1.165, 1.54) is 11.3 Å². The van der Waals surface area contributed by atoms with Crippen molar-refractivity contribution in [1.82, 2.24) is 0 Å². The van der Waals surface area contributed by atoms with Gasteiger partial charge in [-0.2, -0.15) is 0 Å². The summed E-state index contributed by atoms with van der Waals surface area (Å²) in [5.41, 5.74) is 1.29. The molecule has 8 nitrogen and oxygen atoms in total. The summed E-state index contributed by atoms with van der Waals surface area (Å²) in [6.45, 7) is 4.05. The van der Waals surface area contributed by atoms with E-state index < -0.39 is 24.5 Å². The molecule has 1 aromatic heterocycles. The standard InChI is InChI=1S/C22H24N2O6S/c1-3-16-12-17(22(28)29-4-2)20(31-16)23-18(25)13-30-21(27)14-7-9-15(10-8-14)24-11-5-6-19(24)26/h7-10,12H,3-6,11,13H2,1-2H3,(H,23,25). The van der Waals surface area contributed by atoms with E-state index in [2.05, 4.69) is 5.32 Å². The van der Waals surface area contributed by atoms with Crippen LogP contribution in [0.15, 0.2) is 30.3 Å². The van der Waals surface area contributed by atoms with Gasteiger partial charge < -0.3 is 19.7 Å². The van der Waals surface area contributed by atoms with E-state index >= 15 is 0 Å². The minimum atomic E-state index is -0.652. The first-order valence-corrected chi connectivity index (χ1v) is 10.9. The van der Waals surface area contributed by atoms with Crippen molar-refractivity contribution in [2.45, 2.75) is 33.1 Å². The number of benzene rings is 1. The molecular formula is C22H24N2O6S. The number of hydrogen-bond donors (Lipinski definition) is 1. The molecule has 1 aromatic carbocycles. The molecule has 2 heterocycles. The number of nitrogens with one attached hydrogen (secondary N) is 1. The first-order chi connectivity index (χ1) is 14.9. The summed E-state index contributed by atoms with van der Waals surface area (Å²) < 4.78 is 10.1. The Balaban J connectivity index is 1.57. The molecule has 0 saturated carbocycles. The molecule has 1 N–H and O–H groups in total. The van der Waals surface area contributed by atoms with Crippen LogP contribution in [0.5, 0.6) is 0 Å². The highest BCUT2D eigenvalue weighted by Crippen LogP contribution is 2.29. The van der Waals surface area contributed by atoms with Crippen LogP contribution in [0.1, 0.15) is 52.3 Å². The van der Waals surface area contributed by atoms with Crippen molar-refractivity contribution in [2.75, 3.05) is 30.0 Å². The Labute approximate surface area is 184 Å². The van der Waals surface area contributed by atoms with E-state index in [0.29, 0.717) is 24.4 Å². The first kappa shape index (κ1) is 22.5. The van der Waals surface area contributed by atoms with Gasteiger partial charge in [0.1, 0.15) is 5.00 Å². The fourth-order valence-corrected chi connectivity index (χ4v) is 4.15. The minimum Gasteiger partial charge on any atom is -0.462 e. The van der Waals surface area contributed by atoms with Crippen molar-refractivity contribution >= 4 is 45.8 Å². The summed E-state index contributed by atoms with van der Waals surface area (Å²) in [6.07, 6.45) is 2.06. The van der Waals surface area contributed by atoms with E-state index in [9.17, 15) is 19.2 Å². The van der Waals surface area contributed by atoms with Crippen molar-refractivity contribution < 1.29 is 28.7 Å². The van der Waals surface area contributed by atoms with E-state index in [1.54, 1.807) is 42.2 Å². The van der Waals surface area contributed by atoms with Gasteiger partial charge in [0.2, 0.25) is 5.91 Å². The second-order valence-electron chi connectivity index (χ2n) is 6.85. The fraction of sp³-hybridized carbons (Fsp3) is 0.364. The number of thiophene rings is 1. The second kappa shape index (κ2) is 10.2. The largest absolute Gasteiger partial charge is 0.462 e. The van der Waals surface area contributed by atoms with Gasteiger partial charge in [0.05, 0.1) is 17.7 Å². The van der Waals surface area contributed by atoms with E-state index in [4.69, 9.17) is 9.47 Å². The average Bonchev–Trinajstić information content (AvgIpc) is 3.38. The second-order valence-corrected chi connectivity index (χ2v) is 7.99. The van der Waals surface area contributed by atoms with Gasteiger partial charge in [-0.05, 0) is 50.1 Å². The highest BCUT2D eigenvalue weighted by Gasteiger charge is 2.22. The maximum Gasteiger partial charge on any atom is 0.341 e. The summed E-state index contributed by atoms with van der Waals surface area (Å²) in [7, 11) is 0. The van der Waals surface area contributed by atoms with Gasteiger partial charge in [-0.1, -0.05) is 6.92 Å². The van der Waals surface area contributed by atoms with Crippen molar-refractivity contribution in [3.8, 4) is 0 Å². The predicted octanol–water partition coefficient (Wildman–Crippen LogP) is 3.41. The van der Waals surface area contributed by atoms with Crippen LogP contribution in [0.25, 0.3) is 0 Å². The predicted molar refractivity (Wildman–Crippen MR) is 117 cm³/mol. The zero-order chi connectivity index (χ0) is 22.4. The number of amides is 2. The third-order valence-corrected chi connectivity index (χ3v) is 5.90. The lowest BCUT2D eigenvalue weighted by Gasteiger charge is -2.15. The first-order valence-electron chi connectivity index (χ1n) is 10.1. The molecule has 31 heavy (non-hydrogen) atoms. The number of ether oxygens (including phenoxy) is 2. The molecule has 164 valence electrons. The molecule has 1 aliphatic rings. The Kier molecular flexibility index (Phi) is 7.41. The molecule has 2 aromatic rings. The van der Waals surface area contributed by atoms with Crippen LogP contribution in [0.4, 0.5) is 10.7 Å². The van der Waals surface area contributed by atoms with Gasteiger partial charge in [-0.3, -0.25) is 9.59 Å². The highest BCUT2D eigenvalue weighted by atomic mass is 32.1. The Morgan fingerprint density at radius 2 is 1.84 bits per heavy atom. The van der Waals surface area contributed by atoms with Crippen molar-refractivity contribution in [3.63, 3.8) is 0 Å². The fourth-order valence-electron chi connectivity index (χ4n) is 3.15. The number of hydrogen-bond acceptors (Lipinski definition) is 7. The zero-order valence-electron chi connectivity index (χ0n) is 17.4. The van der Waals surface area contributed by atoms with Gasteiger partial charge >= 0.3 is 11.9 Å². The molecule has 0 radical (unpaired) electrons. The average molecular weight is 445 g/mol. The highest BCUT2D eigenvalue weighted by molar-refractivity contribution is 7.16. The SMILES string of the molecule is CCOC(=O)c1cc(CC)sc1NC(=O)COC(=O)c1ccc(N2CCCC2=O)cc1. The van der Waals surface area contributed by atoms with E-state index in [-0.39, 0.29) is 23.6 Å². The summed E-state index contributed by atoms with van der Waals surface area (Å²) >= 11 is 1.28. The van der Waals surface area contributed by atoms with E-state index in [0.717, 1.165) is 17.0 Å². The Morgan fingerprint density at radius 1 is 1.10 bits per heavy atom. The van der Waals surface area contributed by atoms with Crippen molar-refractivity contribution in [2.24, 2.45) is 0 Å². The van der Waals surface area contributed by atoms with Crippen molar-refractivity contribution in [3.05, 3.63) is 46.3 Å². The Morgan fingerprint density at radius 3 is 2.45 bits per heavy atom. The molecular weight excluding hydrogens is 420 g/mol. The number of esters is 2. The monoisotopic (exact) mass is 444 g/mol. The minimum absolute atomic E-state index is 0.0639. The van der Waals surface area contributed by atoms with Crippen LogP contribution in [0.3, 0.4) is 0 Å². The van der Waals surface area contributed by atoms with Gasteiger partial charge in [0.25, 0.3) is 5.91 Å². The quantitative estimate of drug-likeness (QED) is 0.626. The van der Waals surface area contributed by atoms with Crippen LogP contribution in [-0.4, -0.2) is 43.5 Å². The molecule has 9 heteroatoms. The van der Waals surface area contributed by atoms with Crippen molar-refractivity contribution in [1.29, 1.82) is 0 Å². The summed E-state index contributed by atoms with van der Waals surface area (Å²) in [6, 6.07) is 8.18. The van der Waals surface area contributed by atoms with Gasteiger partial charge in [0, 0.05) is 23.5 Å². The molecule has 0 unspecified atom stereocenters. The van der Waals surface area contributed by atoms with Crippen LogP contribution < -0.4 is 10.2 Å². The zero-order valence-corrected chi connectivity index (χ0v) is 18.3. The molecule has 1 aliphatic heterocycles. The molecule has 2 amide bonds. The topological polar surface area (TPSA) is 102 Å². The lowest BCUT2D eigenvalue weighted by Crippen LogP contribution is -2.24. The maximum atomic E-state index is 12.3. The Bertz CT molecular complexity index is 982. The third kappa shape index (κ3) is 5.49. The maximum absolute atomic E-state index is 12.3. The molecule has 1 saturated heterocycles. The smallest absolute Gasteiger partial charge is 0.341 e. The lowest BCUT2D eigenvalue weighted by atomic mass is 10.2. The Hall–Kier alpha value is -3.20. The molecule has 0 atom stereocenters. The number of aryl methyl sites for hydroxylation is 1. The normalized spacial score (nSPS) is 13.2. The molecule has 0 aliphatic carbocycles. The lowest BCUT2D eigenvalue weighted by molar-refractivity contribution is -0.119. The number of rotatable bonds is 8.